The van der Waals surface area contributed by atoms with Crippen molar-refractivity contribution in [2.24, 2.45) is 0 Å². The average molecular weight is 348 g/mol. The monoisotopic (exact) mass is 346 g/mol. The molecule has 0 aliphatic carbocycles. The Kier molecular flexibility index (Phi) is 5.23. The molecule has 0 saturated heterocycles. The van der Waals surface area contributed by atoms with Gasteiger partial charge in [-0.2, -0.15) is 0 Å². The number of rotatable bonds is 2. The minimum absolute atomic E-state index is 0.157. The predicted molar refractivity (Wildman–Crippen MR) is 71.1 cm³/mol. The molecule has 0 aliphatic heterocycles. The van der Waals surface area contributed by atoms with E-state index in [0.29, 0.717) is 4.57 Å². The van der Waals surface area contributed by atoms with Gasteiger partial charge in [0.1, 0.15) is 0 Å². The van der Waals surface area contributed by atoms with E-state index in [-0.39, 0.29) is 11.2 Å². The van der Waals surface area contributed by atoms with Crippen LogP contribution < -0.4 is 0 Å². The second kappa shape index (κ2) is 5.75. The summed E-state index contributed by atoms with van der Waals surface area (Å²) in [5.41, 5.74) is 1.30. The minimum atomic E-state index is -1.64. The quantitative estimate of drug-likeness (QED) is 0.770. The molecule has 0 unspecified atom stereocenters. The van der Waals surface area contributed by atoms with E-state index in [1.54, 1.807) is 13.3 Å². The molecule has 0 aromatic carbocycles. The van der Waals surface area contributed by atoms with E-state index in [1.165, 1.54) is 0 Å². The van der Waals surface area contributed by atoms with Crippen molar-refractivity contribution >= 4 is 39.4 Å². The predicted octanol–water partition coefficient (Wildman–Crippen LogP) is 3.27. The first-order valence-electron chi connectivity index (χ1n) is 5.10. The van der Waals surface area contributed by atoms with Gasteiger partial charge in [-0.05, 0) is 0 Å². The van der Waals surface area contributed by atoms with Gasteiger partial charge in [0, 0.05) is 0 Å². The van der Waals surface area contributed by atoms with E-state index in [2.05, 4.69) is 25.8 Å². The molecule has 0 spiro atoms. The molecule has 0 radical (unpaired) electrons. The van der Waals surface area contributed by atoms with Gasteiger partial charge in [-0.15, -0.1) is 0 Å². The van der Waals surface area contributed by atoms with Crippen LogP contribution in [-0.4, -0.2) is 21.6 Å². The maximum atomic E-state index is 5.81. The molecule has 0 atom stereocenters. The third-order valence-corrected chi connectivity index (χ3v) is 3.27. The van der Waals surface area contributed by atoms with Gasteiger partial charge in [-0.3, -0.25) is 0 Å². The Labute approximate surface area is 130 Å². The normalized spacial score (nSPS) is 12.6. The number of ether oxygens (including phenoxy) is 1. The van der Waals surface area contributed by atoms with Gasteiger partial charge in [-0.25, -0.2) is 0 Å². The van der Waals surface area contributed by atoms with E-state index >= 15 is 0 Å². The standard InChI is InChI=1S/C11H13Cl3N2O.Cr/c1-10(2,3)8-7(6-17-4)5-15-9(16-8)11(12,13)14;/h5H,1-4H3;. The Morgan fingerprint density at radius 1 is 1.28 bits per heavy atom. The van der Waals surface area contributed by atoms with E-state index in [0.717, 1.165) is 11.3 Å². The van der Waals surface area contributed by atoms with Gasteiger partial charge in [0.2, 0.25) is 0 Å². The van der Waals surface area contributed by atoms with Crippen LogP contribution in [0.2, 0.25) is 0 Å². The number of halogens is 3. The van der Waals surface area contributed by atoms with Crippen LogP contribution in [0.1, 0.15) is 37.9 Å². The van der Waals surface area contributed by atoms with Gasteiger partial charge in [-0.1, -0.05) is 0 Å². The summed E-state index contributed by atoms with van der Waals surface area (Å²) < 4.78 is 4.15. The Bertz CT molecular complexity index is 466. The number of nitrogens with zero attached hydrogens (tertiary/aromatic N) is 2. The fourth-order valence-electron chi connectivity index (χ4n) is 1.35. The zero-order chi connectivity index (χ0) is 14.1. The molecule has 1 aromatic heterocycles. The molecule has 3 nitrogen and oxygen atoms in total. The van der Waals surface area contributed by atoms with Crippen molar-refractivity contribution in [2.75, 3.05) is 7.11 Å². The topological polar surface area (TPSA) is 35.0 Å². The summed E-state index contributed by atoms with van der Waals surface area (Å²) in [4.78, 5) is 8.42. The van der Waals surface area contributed by atoms with Gasteiger partial charge in [0.05, 0.1) is 0 Å². The fraction of sp³-hybridized carbons (Fsp3) is 0.545. The third-order valence-electron chi connectivity index (χ3n) is 2.16. The van der Waals surface area contributed by atoms with Crippen molar-refractivity contribution in [2.45, 2.75) is 30.0 Å². The molecule has 1 aromatic rings. The number of aromatic nitrogens is 2. The summed E-state index contributed by atoms with van der Waals surface area (Å²) >= 11 is 20.2. The van der Waals surface area contributed by atoms with Crippen LogP contribution in [0.4, 0.5) is 0 Å². The molecule has 1 heterocycles. The molecule has 100 valence electrons. The molecule has 0 amide bonds. The summed E-state index contributed by atoms with van der Waals surface area (Å²) in [6.07, 6.45) is 1.60. The summed E-state index contributed by atoms with van der Waals surface area (Å²) in [7, 11) is 1.57. The average Bonchev–Trinajstić information content (AvgIpc) is 2.24. The molecule has 0 N–H and O–H groups in total. The second-order valence-corrected chi connectivity index (χ2v) is 7.56. The number of methoxy groups -OCH3 is 1. The van der Waals surface area contributed by atoms with Crippen LogP contribution in [0.5, 0.6) is 0 Å². The number of alkyl halides is 3. The first-order valence-corrected chi connectivity index (χ1v) is 6.87. The SMILES string of the molecule is CO[C](=[Cr])c1cnc(C(Cl)(Cl)Cl)nc1C(C)(C)C. The van der Waals surface area contributed by atoms with E-state index < -0.39 is 3.79 Å². The van der Waals surface area contributed by atoms with Crippen molar-refractivity contribution in [3.8, 4) is 0 Å². The molecular weight excluding hydrogens is 334 g/mol. The molecule has 0 bridgehead atoms. The van der Waals surface area contributed by atoms with E-state index in [1.807, 2.05) is 20.8 Å². The molecule has 0 saturated carbocycles. The van der Waals surface area contributed by atoms with Crippen molar-refractivity contribution in [1.82, 2.24) is 9.97 Å². The Balaban J connectivity index is 3.44. The van der Waals surface area contributed by atoms with Crippen LogP contribution in [0.25, 0.3) is 0 Å². The van der Waals surface area contributed by atoms with Crippen LogP contribution in [0.3, 0.4) is 0 Å². The Morgan fingerprint density at radius 2 is 1.83 bits per heavy atom. The zero-order valence-electron chi connectivity index (χ0n) is 10.4. The second-order valence-electron chi connectivity index (χ2n) is 4.70. The van der Waals surface area contributed by atoms with Crippen LogP contribution in [0, 0.1) is 0 Å². The molecular formula is C11H13Cl3CrN2O. The molecule has 0 aliphatic rings. The summed E-state index contributed by atoms with van der Waals surface area (Å²) in [5, 5.41) is 0. The summed E-state index contributed by atoms with van der Waals surface area (Å²) in [5.74, 6) is 0.157. The van der Waals surface area contributed by atoms with Gasteiger partial charge >= 0.3 is 130 Å². The summed E-state index contributed by atoms with van der Waals surface area (Å²) in [6, 6.07) is 0. The first-order chi connectivity index (χ1) is 8.07. The van der Waals surface area contributed by atoms with Gasteiger partial charge in [0.25, 0.3) is 0 Å². The van der Waals surface area contributed by atoms with Crippen molar-refractivity contribution in [3.63, 3.8) is 0 Å². The number of hydrogen-bond acceptors (Lipinski definition) is 3. The third kappa shape index (κ3) is 3.90. The van der Waals surface area contributed by atoms with E-state index in [9.17, 15) is 0 Å². The Hall–Kier alpha value is 0.312. The van der Waals surface area contributed by atoms with E-state index in [4.69, 9.17) is 39.5 Å². The number of hydrogen-bond donors (Lipinski definition) is 0. The van der Waals surface area contributed by atoms with Gasteiger partial charge in [0.15, 0.2) is 0 Å². The fourth-order valence-corrected chi connectivity index (χ4v) is 1.86. The molecule has 7 heteroatoms. The maximum absolute atomic E-state index is 5.81. The molecule has 1 rings (SSSR count). The van der Waals surface area contributed by atoms with Crippen LogP contribution in [0.15, 0.2) is 6.20 Å². The van der Waals surface area contributed by atoms with Crippen LogP contribution >= 0.6 is 34.8 Å². The summed E-state index contributed by atoms with van der Waals surface area (Å²) in [6.45, 7) is 6.05. The molecule has 0 fully saturated rings. The van der Waals surface area contributed by atoms with Crippen LogP contribution in [-0.2, 0) is 29.8 Å². The van der Waals surface area contributed by atoms with Gasteiger partial charge < -0.3 is 0 Å². The van der Waals surface area contributed by atoms with Crippen molar-refractivity contribution in [1.29, 1.82) is 0 Å². The first kappa shape index (κ1) is 16.4. The zero-order valence-corrected chi connectivity index (χ0v) is 14.0. The Morgan fingerprint density at radius 3 is 2.22 bits per heavy atom. The molecule has 18 heavy (non-hydrogen) atoms. The van der Waals surface area contributed by atoms with Crippen molar-refractivity contribution < 1.29 is 20.6 Å². The van der Waals surface area contributed by atoms with Crippen molar-refractivity contribution in [3.05, 3.63) is 23.3 Å².